The number of carbonyl (C=O) groups is 1. The predicted molar refractivity (Wildman–Crippen MR) is 71.8 cm³/mol. The molecule has 0 atom stereocenters. The van der Waals surface area contributed by atoms with Crippen LogP contribution < -0.4 is 10.2 Å². The molecule has 0 amide bonds. The van der Waals surface area contributed by atoms with Crippen molar-refractivity contribution in [1.29, 1.82) is 0 Å². The Bertz CT molecular complexity index is 448. The highest BCUT2D eigenvalue weighted by atomic mass is 79.9. The van der Waals surface area contributed by atoms with Crippen LogP contribution in [-0.4, -0.2) is 30.7 Å². The third-order valence-electron chi connectivity index (χ3n) is 2.77. The van der Waals surface area contributed by atoms with E-state index in [2.05, 4.69) is 27.3 Å². The van der Waals surface area contributed by atoms with E-state index in [1.165, 1.54) is 0 Å². The highest BCUT2D eigenvalue weighted by molar-refractivity contribution is 9.10. The summed E-state index contributed by atoms with van der Waals surface area (Å²) in [5.74, 6) is -0.801. The van der Waals surface area contributed by atoms with Crippen LogP contribution in [0.15, 0.2) is 16.6 Å². The third-order valence-corrected chi connectivity index (χ3v) is 3.37. The fourth-order valence-corrected chi connectivity index (χ4v) is 2.94. The molecule has 4 nitrogen and oxygen atoms in total. The molecule has 1 aromatic rings. The maximum absolute atomic E-state index is 10.9. The number of nitrogens with one attached hydrogen (secondary N) is 1. The zero-order chi connectivity index (χ0) is 12.4. The summed E-state index contributed by atoms with van der Waals surface area (Å²) in [5.41, 5.74) is 3.12. The largest absolute Gasteiger partial charge is 0.480 e. The standard InChI is InChI=1S/C12H15BrN2O2/c1-8-5-9(13)12-10(6-8)14-3-2-4-15(12)7-11(16)17/h5-6,14H,2-4,7H2,1H3,(H,16,17). The van der Waals surface area contributed by atoms with E-state index in [0.717, 1.165) is 40.9 Å². The van der Waals surface area contributed by atoms with Crippen molar-refractivity contribution < 1.29 is 9.90 Å². The van der Waals surface area contributed by atoms with E-state index in [9.17, 15) is 4.79 Å². The van der Waals surface area contributed by atoms with Gasteiger partial charge >= 0.3 is 5.97 Å². The van der Waals surface area contributed by atoms with Crippen LogP contribution in [0.4, 0.5) is 11.4 Å². The smallest absolute Gasteiger partial charge is 0.323 e. The van der Waals surface area contributed by atoms with Crippen molar-refractivity contribution in [1.82, 2.24) is 0 Å². The van der Waals surface area contributed by atoms with Crippen molar-refractivity contribution in [3.8, 4) is 0 Å². The number of aliphatic carboxylic acids is 1. The maximum atomic E-state index is 10.9. The number of halogens is 1. The molecule has 1 aromatic carbocycles. The molecule has 0 spiro atoms. The summed E-state index contributed by atoms with van der Waals surface area (Å²) >= 11 is 3.52. The molecule has 0 aromatic heterocycles. The molecule has 0 fully saturated rings. The Hall–Kier alpha value is -1.23. The molecule has 1 aliphatic heterocycles. The summed E-state index contributed by atoms with van der Waals surface area (Å²) < 4.78 is 0.947. The number of fused-ring (bicyclic) bond motifs is 1. The van der Waals surface area contributed by atoms with E-state index in [4.69, 9.17) is 5.11 Å². The monoisotopic (exact) mass is 298 g/mol. The first-order chi connectivity index (χ1) is 8.08. The minimum Gasteiger partial charge on any atom is -0.480 e. The van der Waals surface area contributed by atoms with Gasteiger partial charge in [-0.1, -0.05) is 0 Å². The second kappa shape index (κ2) is 4.96. The highest BCUT2D eigenvalue weighted by Crippen LogP contribution is 2.36. The molecule has 0 aliphatic carbocycles. The number of aryl methyl sites for hydroxylation is 1. The average Bonchev–Trinajstić information content (AvgIpc) is 2.39. The fourth-order valence-electron chi connectivity index (χ4n) is 2.12. The Morgan fingerprint density at radius 1 is 1.59 bits per heavy atom. The molecule has 5 heteroatoms. The number of carboxylic acid groups (broad SMARTS) is 1. The van der Waals surface area contributed by atoms with Crippen LogP contribution in [0.3, 0.4) is 0 Å². The minimum atomic E-state index is -0.801. The first kappa shape index (κ1) is 12.2. The predicted octanol–water partition coefficient (Wildman–Crippen LogP) is 2.46. The molecule has 0 saturated heterocycles. The summed E-state index contributed by atoms with van der Waals surface area (Å²) in [6.45, 7) is 3.70. The van der Waals surface area contributed by atoms with E-state index in [0.29, 0.717) is 0 Å². The molecule has 92 valence electrons. The van der Waals surface area contributed by atoms with Gasteiger partial charge in [0, 0.05) is 17.6 Å². The Morgan fingerprint density at radius 2 is 2.35 bits per heavy atom. The first-order valence-electron chi connectivity index (χ1n) is 5.58. The van der Waals surface area contributed by atoms with Crippen LogP contribution >= 0.6 is 15.9 Å². The van der Waals surface area contributed by atoms with Gasteiger partial charge in [0.2, 0.25) is 0 Å². The molecule has 0 radical (unpaired) electrons. The Labute approximate surface area is 109 Å². The molecular weight excluding hydrogens is 284 g/mol. The van der Waals surface area contributed by atoms with Gasteiger partial charge in [-0.05, 0) is 47.0 Å². The Balaban J connectivity index is 2.43. The van der Waals surface area contributed by atoms with Gasteiger partial charge in [-0.2, -0.15) is 0 Å². The van der Waals surface area contributed by atoms with Crippen LogP contribution in [0.1, 0.15) is 12.0 Å². The van der Waals surface area contributed by atoms with Crippen molar-refractivity contribution in [3.05, 3.63) is 22.2 Å². The maximum Gasteiger partial charge on any atom is 0.323 e. The normalized spacial score (nSPS) is 14.8. The number of rotatable bonds is 2. The van der Waals surface area contributed by atoms with Crippen LogP contribution in [0.2, 0.25) is 0 Å². The van der Waals surface area contributed by atoms with Crippen molar-refractivity contribution in [2.24, 2.45) is 0 Å². The van der Waals surface area contributed by atoms with E-state index in [-0.39, 0.29) is 6.54 Å². The molecule has 2 N–H and O–H groups in total. The molecule has 0 saturated carbocycles. The van der Waals surface area contributed by atoms with Crippen LogP contribution in [-0.2, 0) is 4.79 Å². The molecule has 1 heterocycles. The summed E-state index contributed by atoms with van der Waals surface area (Å²) in [6.07, 6.45) is 0.938. The number of benzene rings is 1. The van der Waals surface area contributed by atoms with E-state index >= 15 is 0 Å². The van der Waals surface area contributed by atoms with Gasteiger partial charge in [-0.15, -0.1) is 0 Å². The Morgan fingerprint density at radius 3 is 3.06 bits per heavy atom. The summed E-state index contributed by atoms with van der Waals surface area (Å²) in [6, 6.07) is 4.07. The van der Waals surface area contributed by atoms with Crippen molar-refractivity contribution >= 4 is 33.3 Å². The van der Waals surface area contributed by atoms with Crippen molar-refractivity contribution in [2.45, 2.75) is 13.3 Å². The van der Waals surface area contributed by atoms with E-state index in [1.807, 2.05) is 17.9 Å². The second-order valence-electron chi connectivity index (χ2n) is 4.24. The van der Waals surface area contributed by atoms with Gasteiger partial charge in [-0.3, -0.25) is 4.79 Å². The Kier molecular flexibility index (Phi) is 3.57. The number of anilines is 2. The lowest BCUT2D eigenvalue weighted by molar-refractivity contribution is -0.135. The summed E-state index contributed by atoms with van der Waals surface area (Å²) in [4.78, 5) is 12.8. The molecule has 0 unspecified atom stereocenters. The highest BCUT2D eigenvalue weighted by Gasteiger charge is 2.20. The van der Waals surface area contributed by atoms with Gasteiger partial charge in [0.1, 0.15) is 6.54 Å². The summed E-state index contributed by atoms with van der Waals surface area (Å²) in [7, 11) is 0. The molecular formula is C12H15BrN2O2. The molecule has 0 bridgehead atoms. The SMILES string of the molecule is Cc1cc(Br)c2c(c1)NCCCN2CC(=O)O. The third kappa shape index (κ3) is 2.72. The van der Waals surface area contributed by atoms with Crippen LogP contribution in [0, 0.1) is 6.92 Å². The van der Waals surface area contributed by atoms with Gasteiger partial charge in [0.05, 0.1) is 11.4 Å². The number of nitrogens with zero attached hydrogens (tertiary/aromatic N) is 1. The van der Waals surface area contributed by atoms with Gasteiger partial charge in [-0.25, -0.2) is 0 Å². The van der Waals surface area contributed by atoms with Gasteiger partial charge < -0.3 is 15.3 Å². The lowest BCUT2D eigenvalue weighted by atomic mass is 10.1. The van der Waals surface area contributed by atoms with Gasteiger partial charge in [0.15, 0.2) is 0 Å². The number of hydrogen-bond acceptors (Lipinski definition) is 3. The van der Waals surface area contributed by atoms with E-state index in [1.54, 1.807) is 0 Å². The average molecular weight is 299 g/mol. The first-order valence-corrected chi connectivity index (χ1v) is 6.38. The second-order valence-corrected chi connectivity index (χ2v) is 5.09. The lowest BCUT2D eigenvalue weighted by Gasteiger charge is -2.24. The van der Waals surface area contributed by atoms with E-state index < -0.39 is 5.97 Å². The van der Waals surface area contributed by atoms with Crippen molar-refractivity contribution in [3.63, 3.8) is 0 Å². The lowest BCUT2D eigenvalue weighted by Crippen LogP contribution is -2.30. The fraction of sp³-hybridized carbons (Fsp3) is 0.417. The van der Waals surface area contributed by atoms with Gasteiger partial charge in [0.25, 0.3) is 0 Å². The van der Waals surface area contributed by atoms with Crippen LogP contribution in [0.5, 0.6) is 0 Å². The molecule has 2 rings (SSSR count). The molecule has 1 aliphatic rings. The summed E-state index contributed by atoms with van der Waals surface area (Å²) in [5, 5.41) is 12.3. The minimum absolute atomic E-state index is 0.0380. The van der Waals surface area contributed by atoms with Crippen molar-refractivity contribution in [2.75, 3.05) is 29.9 Å². The number of carboxylic acids is 1. The van der Waals surface area contributed by atoms with Crippen LogP contribution in [0.25, 0.3) is 0 Å². The zero-order valence-corrected chi connectivity index (χ0v) is 11.2. The zero-order valence-electron chi connectivity index (χ0n) is 9.66. The quantitative estimate of drug-likeness (QED) is 0.881. The molecule has 17 heavy (non-hydrogen) atoms. The topological polar surface area (TPSA) is 52.6 Å². The number of hydrogen-bond donors (Lipinski definition) is 2.